The van der Waals surface area contributed by atoms with Crippen molar-refractivity contribution in [2.24, 2.45) is 0 Å². The predicted octanol–water partition coefficient (Wildman–Crippen LogP) is 2.80. The molecule has 0 fully saturated rings. The van der Waals surface area contributed by atoms with E-state index < -0.39 is 5.97 Å². The Hall–Kier alpha value is -2.49. The van der Waals surface area contributed by atoms with Gasteiger partial charge in [-0.3, -0.25) is 0 Å². The fourth-order valence-electron chi connectivity index (χ4n) is 1.65. The highest BCUT2D eigenvalue weighted by molar-refractivity contribution is 5.85. The minimum atomic E-state index is -1.08. The standard InChI is InChI=1S/C14H13NO3/c1-18-13(14(16)17)8-4-6-11-9-10-5-2-3-7-12(10)15-11/h2-9,15H,1H3,(H,16,17)/b6-4+,13-8+. The van der Waals surface area contributed by atoms with E-state index in [1.54, 1.807) is 12.2 Å². The van der Waals surface area contributed by atoms with E-state index in [-0.39, 0.29) is 5.76 Å². The molecular formula is C14H13NO3. The average molecular weight is 243 g/mol. The number of allylic oxidation sites excluding steroid dienone is 2. The number of rotatable bonds is 4. The van der Waals surface area contributed by atoms with Gasteiger partial charge in [0.25, 0.3) is 0 Å². The lowest BCUT2D eigenvalue weighted by molar-refractivity contribution is -0.136. The fourth-order valence-corrected chi connectivity index (χ4v) is 1.65. The molecule has 92 valence electrons. The highest BCUT2D eigenvalue weighted by Gasteiger charge is 2.03. The summed E-state index contributed by atoms with van der Waals surface area (Å²) in [5, 5.41) is 9.87. The number of para-hydroxylation sites is 1. The second-order valence-corrected chi connectivity index (χ2v) is 3.71. The fraction of sp³-hybridized carbons (Fsp3) is 0.0714. The summed E-state index contributed by atoms with van der Waals surface area (Å²) in [4.78, 5) is 13.9. The third-order valence-electron chi connectivity index (χ3n) is 2.50. The van der Waals surface area contributed by atoms with Crippen LogP contribution in [0, 0.1) is 0 Å². The smallest absolute Gasteiger partial charge is 0.371 e. The van der Waals surface area contributed by atoms with Crippen LogP contribution < -0.4 is 0 Å². The lowest BCUT2D eigenvalue weighted by Gasteiger charge is -1.96. The summed E-state index contributed by atoms with van der Waals surface area (Å²) in [6, 6.07) is 9.92. The van der Waals surface area contributed by atoms with Crippen molar-refractivity contribution >= 4 is 22.9 Å². The Balaban J connectivity index is 2.20. The van der Waals surface area contributed by atoms with E-state index >= 15 is 0 Å². The maximum absolute atomic E-state index is 10.7. The van der Waals surface area contributed by atoms with E-state index in [0.717, 1.165) is 16.6 Å². The van der Waals surface area contributed by atoms with Gasteiger partial charge >= 0.3 is 5.97 Å². The van der Waals surface area contributed by atoms with Gasteiger partial charge < -0.3 is 14.8 Å². The topological polar surface area (TPSA) is 62.3 Å². The molecule has 0 aliphatic rings. The lowest BCUT2D eigenvalue weighted by Crippen LogP contribution is -2.01. The molecule has 4 nitrogen and oxygen atoms in total. The van der Waals surface area contributed by atoms with Crippen LogP contribution in [0.1, 0.15) is 5.69 Å². The molecule has 0 aliphatic carbocycles. The quantitative estimate of drug-likeness (QED) is 0.493. The van der Waals surface area contributed by atoms with E-state index in [1.807, 2.05) is 30.3 Å². The van der Waals surface area contributed by atoms with E-state index in [0.29, 0.717) is 0 Å². The third-order valence-corrected chi connectivity index (χ3v) is 2.50. The van der Waals surface area contributed by atoms with Gasteiger partial charge in [0, 0.05) is 11.2 Å². The number of hydrogen-bond acceptors (Lipinski definition) is 2. The summed E-state index contributed by atoms with van der Waals surface area (Å²) in [7, 11) is 1.33. The highest BCUT2D eigenvalue weighted by Crippen LogP contribution is 2.15. The molecule has 0 aliphatic heterocycles. The molecule has 0 radical (unpaired) electrons. The molecule has 0 amide bonds. The monoisotopic (exact) mass is 243 g/mol. The van der Waals surface area contributed by atoms with Crippen molar-refractivity contribution in [2.45, 2.75) is 0 Å². The molecule has 0 bridgehead atoms. The van der Waals surface area contributed by atoms with Crippen molar-refractivity contribution in [1.82, 2.24) is 4.98 Å². The summed E-state index contributed by atoms with van der Waals surface area (Å²) in [6.45, 7) is 0. The van der Waals surface area contributed by atoms with Crippen LogP contribution in [0.15, 0.2) is 48.2 Å². The molecule has 0 spiro atoms. The van der Waals surface area contributed by atoms with Gasteiger partial charge in [0.05, 0.1) is 7.11 Å². The number of ether oxygens (including phenoxy) is 1. The number of H-pyrrole nitrogens is 1. The number of carboxylic acids is 1. The molecule has 1 aromatic carbocycles. The first-order valence-corrected chi connectivity index (χ1v) is 5.44. The molecule has 18 heavy (non-hydrogen) atoms. The minimum Gasteiger partial charge on any atom is -0.490 e. The van der Waals surface area contributed by atoms with Gasteiger partial charge in [0.15, 0.2) is 0 Å². The molecule has 0 saturated carbocycles. The molecule has 0 unspecified atom stereocenters. The van der Waals surface area contributed by atoms with Gasteiger partial charge in [-0.25, -0.2) is 4.79 Å². The largest absolute Gasteiger partial charge is 0.490 e. The van der Waals surface area contributed by atoms with E-state index in [9.17, 15) is 4.79 Å². The molecule has 1 aromatic heterocycles. The van der Waals surface area contributed by atoms with Crippen molar-refractivity contribution < 1.29 is 14.6 Å². The Morgan fingerprint density at radius 3 is 2.83 bits per heavy atom. The molecule has 1 heterocycles. The number of carbonyl (C=O) groups is 1. The summed E-state index contributed by atoms with van der Waals surface area (Å²) in [5.74, 6) is -1.18. The highest BCUT2D eigenvalue weighted by atomic mass is 16.5. The second-order valence-electron chi connectivity index (χ2n) is 3.71. The van der Waals surface area contributed by atoms with Crippen molar-refractivity contribution in [3.63, 3.8) is 0 Å². The van der Waals surface area contributed by atoms with Crippen LogP contribution >= 0.6 is 0 Å². The van der Waals surface area contributed by atoms with Crippen molar-refractivity contribution in [2.75, 3.05) is 7.11 Å². The van der Waals surface area contributed by atoms with Crippen molar-refractivity contribution in [3.05, 3.63) is 53.9 Å². The summed E-state index contributed by atoms with van der Waals surface area (Å²) in [6.07, 6.45) is 4.84. The van der Waals surface area contributed by atoms with Gasteiger partial charge in [-0.15, -0.1) is 0 Å². The van der Waals surface area contributed by atoms with Crippen LogP contribution in [-0.2, 0) is 9.53 Å². The first-order valence-electron chi connectivity index (χ1n) is 5.44. The van der Waals surface area contributed by atoms with Crippen molar-refractivity contribution in [1.29, 1.82) is 0 Å². The van der Waals surface area contributed by atoms with E-state index in [1.165, 1.54) is 13.2 Å². The first-order chi connectivity index (χ1) is 8.70. The number of hydrogen-bond donors (Lipinski definition) is 2. The number of carboxylic acid groups (broad SMARTS) is 1. The van der Waals surface area contributed by atoms with Crippen LogP contribution in [0.5, 0.6) is 0 Å². The van der Waals surface area contributed by atoms with Crippen molar-refractivity contribution in [3.8, 4) is 0 Å². The Kier molecular flexibility index (Phi) is 3.48. The number of benzene rings is 1. The number of aromatic nitrogens is 1. The maximum Gasteiger partial charge on any atom is 0.371 e. The normalized spacial score (nSPS) is 12.2. The molecule has 0 saturated heterocycles. The SMILES string of the molecule is CO/C(=C/C=C/c1cc2ccccc2[nH]1)C(=O)O. The van der Waals surface area contributed by atoms with Crippen LogP contribution in [0.4, 0.5) is 0 Å². The molecule has 2 aromatic rings. The summed E-state index contributed by atoms with van der Waals surface area (Å²) >= 11 is 0. The zero-order chi connectivity index (χ0) is 13.0. The first kappa shape index (κ1) is 12.0. The number of methoxy groups -OCH3 is 1. The summed E-state index contributed by atoms with van der Waals surface area (Å²) < 4.78 is 4.71. The Morgan fingerprint density at radius 1 is 1.39 bits per heavy atom. The van der Waals surface area contributed by atoms with Gasteiger partial charge in [-0.2, -0.15) is 0 Å². The van der Waals surface area contributed by atoms with Gasteiger partial charge in [0.1, 0.15) is 0 Å². The number of aromatic amines is 1. The van der Waals surface area contributed by atoms with Crippen LogP contribution in [0.3, 0.4) is 0 Å². The van der Waals surface area contributed by atoms with Gasteiger partial charge in [-0.1, -0.05) is 24.3 Å². The Morgan fingerprint density at radius 2 is 2.17 bits per heavy atom. The Bertz CT molecular complexity index is 590. The van der Waals surface area contributed by atoms with E-state index in [4.69, 9.17) is 9.84 Å². The summed E-state index contributed by atoms with van der Waals surface area (Å²) in [5.41, 5.74) is 1.96. The zero-order valence-corrected chi connectivity index (χ0v) is 9.88. The van der Waals surface area contributed by atoms with Gasteiger partial charge in [0.2, 0.25) is 5.76 Å². The van der Waals surface area contributed by atoms with Crippen LogP contribution in [0.25, 0.3) is 17.0 Å². The molecule has 4 heteroatoms. The average Bonchev–Trinajstić information content (AvgIpc) is 2.76. The lowest BCUT2D eigenvalue weighted by atomic mass is 10.2. The number of nitrogens with one attached hydrogen (secondary N) is 1. The minimum absolute atomic E-state index is 0.0950. The molecule has 2 rings (SSSR count). The zero-order valence-electron chi connectivity index (χ0n) is 9.88. The molecule has 2 N–H and O–H groups in total. The van der Waals surface area contributed by atoms with Gasteiger partial charge in [-0.05, 0) is 29.7 Å². The van der Waals surface area contributed by atoms with Crippen LogP contribution in [-0.4, -0.2) is 23.2 Å². The van der Waals surface area contributed by atoms with Crippen LogP contribution in [0.2, 0.25) is 0 Å². The maximum atomic E-state index is 10.7. The third kappa shape index (κ3) is 2.60. The Labute approximate surface area is 104 Å². The van der Waals surface area contributed by atoms with E-state index in [2.05, 4.69) is 4.98 Å². The molecular weight excluding hydrogens is 230 g/mol. The predicted molar refractivity (Wildman–Crippen MR) is 70.1 cm³/mol. The number of aliphatic carboxylic acids is 1. The molecule has 0 atom stereocenters. The second kappa shape index (κ2) is 5.23. The number of fused-ring (bicyclic) bond motifs is 1.